The zero-order valence-corrected chi connectivity index (χ0v) is 16.3. The number of nitrogens with one attached hydrogen (secondary N) is 4. The normalized spacial score (nSPS) is 18.9. The second-order valence-corrected chi connectivity index (χ2v) is 7.17. The van der Waals surface area contributed by atoms with Crippen molar-refractivity contribution in [2.75, 3.05) is 25.6 Å². The van der Waals surface area contributed by atoms with Crippen LogP contribution in [0.15, 0.2) is 30.6 Å². The van der Waals surface area contributed by atoms with Gasteiger partial charge in [-0.15, -0.1) is 0 Å². The minimum Gasteiger partial charge on any atom is -0.387 e. The highest BCUT2D eigenvalue weighted by Gasteiger charge is 2.24. The highest BCUT2D eigenvalue weighted by molar-refractivity contribution is 6.14. The van der Waals surface area contributed by atoms with Crippen molar-refractivity contribution in [3.8, 4) is 0 Å². The Labute approximate surface area is 171 Å². The van der Waals surface area contributed by atoms with Gasteiger partial charge in [-0.2, -0.15) is 0 Å². The summed E-state index contributed by atoms with van der Waals surface area (Å²) in [6.45, 7) is 0.884. The number of carbonyl (C=O) groups is 1. The second kappa shape index (κ2) is 8.17. The third-order valence-corrected chi connectivity index (χ3v) is 4.98. The molecule has 0 aliphatic carbocycles. The smallest absolute Gasteiger partial charge is 0.255 e. The molecule has 1 amide bonds. The first-order valence-electron chi connectivity index (χ1n) is 9.51. The fraction of sp³-hybridized carbons (Fsp3) is 0.300. The molecule has 1 saturated heterocycles. The molecule has 1 aliphatic rings. The van der Waals surface area contributed by atoms with E-state index >= 15 is 0 Å². The number of aromatic nitrogens is 3. The molecule has 2 unspecified atom stereocenters. The lowest BCUT2D eigenvalue weighted by atomic mass is 10.0. The van der Waals surface area contributed by atoms with Crippen molar-refractivity contribution < 1.29 is 13.9 Å². The summed E-state index contributed by atoms with van der Waals surface area (Å²) in [5.41, 5.74) is 8.26. The van der Waals surface area contributed by atoms with Crippen LogP contribution in [0.5, 0.6) is 0 Å². The largest absolute Gasteiger partial charge is 0.387 e. The van der Waals surface area contributed by atoms with Crippen LogP contribution in [0.2, 0.25) is 0 Å². The predicted molar refractivity (Wildman–Crippen MR) is 110 cm³/mol. The van der Waals surface area contributed by atoms with Crippen LogP contribution in [0, 0.1) is 11.2 Å². The average Bonchev–Trinajstić information content (AvgIpc) is 3.16. The first kappa shape index (κ1) is 19.9. The molecule has 1 fully saturated rings. The number of nitrogens with zero attached hydrogens (tertiary/aromatic N) is 2. The van der Waals surface area contributed by atoms with Gasteiger partial charge in [0.1, 0.15) is 17.0 Å². The van der Waals surface area contributed by atoms with Gasteiger partial charge in [0.25, 0.3) is 5.91 Å². The van der Waals surface area contributed by atoms with E-state index in [0.717, 1.165) is 0 Å². The Morgan fingerprint density at radius 3 is 2.97 bits per heavy atom. The van der Waals surface area contributed by atoms with Gasteiger partial charge in [-0.25, -0.2) is 14.4 Å². The summed E-state index contributed by atoms with van der Waals surface area (Å²) in [6, 6.07) is 3.80. The number of aromatic amines is 1. The lowest BCUT2D eigenvalue weighted by Crippen LogP contribution is -2.47. The van der Waals surface area contributed by atoms with Crippen LogP contribution in [-0.2, 0) is 4.74 Å². The quantitative estimate of drug-likeness (QED) is 0.402. The van der Waals surface area contributed by atoms with Crippen molar-refractivity contribution in [2.45, 2.75) is 18.5 Å². The van der Waals surface area contributed by atoms with Crippen LogP contribution in [0.25, 0.3) is 11.2 Å². The summed E-state index contributed by atoms with van der Waals surface area (Å²) in [4.78, 5) is 24.5. The maximum Gasteiger partial charge on any atom is 0.255 e. The van der Waals surface area contributed by atoms with Crippen LogP contribution < -0.4 is 16.4 Å². The number of carbonyl (C=O) groups excluding carboxylic acids is 1. The third-order valence-electron chi connectivity index (χ3n) is 4.98. The Morgan fingerprint density at radius 2 is 2.20 bits per heavy atom. The fourth-order valence-corrected chi connectivity index (χ4v) is 3.49. The van der Waals surface area contributed by atoms with Crippen molar-refractivity contribution >= 4 is 28.5 Å². The molecule has 9 nitrogen and oxygen atoms in total. The molecule has 0 spiro atoms. The van der Waals surface area contributed by atoms with Crippen molar-refractivity contribution in [2.24, 2.45) is 5.73 Å². The van der Waals surface area contributed by atoms with Gasteiger partial charge < -0.3 is 26.1 Å². The molecule has 0 bridgehead atoms. The van der Waals surface area contributed by atoms with Gasteiger partial charge >= 0.3 is 0 Å². The number of hydrogen-bond donors (Lipinski definition) is 5. The average molecular weight is 411 g/mol. The summed E-state index contributed by atoms with van der Waals surface area (Å²) in [5.74, 6) is -0.729. The topological polar surface area (TPSA) is 142 Å². The molecule has 1 aromatic carbocycles. The Balaban J connectivity index is 1.63. The van der Waals surface area contributed by atoms with Gasteiger partial charge in [0.2, 0.25) is 0 Å². The number of anilines is 1. The molecule has 2 aromatic heterocycles. The van der Waals surface area contributed by atoms with Crippen molar-refractivity contribution in [1.29, 1.82) is 5.41 Å². The van der Waals surface area contributed by atoms with E-state index in [1.54, 1.807) is 7.05 Å². The maximum atomic E-state index is 13.5. The molecule has 0 saturated carbocycles. The number of ether oxygens (including phenoxy) is 1. The van der Waals surface area contributed by atoms with Gasteiger partial charge in [0.05, 0.1) is 36.7 Å². The molecule has 3 heterocycles. The number of fused-ring (bicyclic) bond motifs is 1. The second-order valence-electron chi connectivity index (χ2n) is 7.17. The molecule has 4 rings (SSSR count). The van der Waals surface area contributed by atoms with Gasteiger partial charge in [-0.1, -0.05) is 0 Å². The van der Waals surface area contributed by atoms with Crippen molar-refractivity contribution in [3.63, 3.8) is 0 Å². The predicted octanol–water partition coefficient (Wildman–Crippen LogP) is 1.40. The van der Waals surface area contributed by atoms with Crippen molar-refractivity contribution in [3.05, 3.63) is 53.2 Å². The number of H-pyrrole nitrogens is 1. The highest BCUT2D eigenvalue weighted by Crippen LogP contribution is 2.21. The molecule has 30 heavy (non-hydrogen) atoms. The fourth-order valence-electron chi connectivity index (χ4n) is 3.49. The molecule has 156 valence electrons. The summed E-state index contributed by atoms with van der Waals surface area (Å²) >= 11 is 0. The van der Waals surface area contributed by atoms with Crippen LogP contribution in [-0.4, -0.2) is 58.9 Å². The first-order valence-corrected chi connectivity index (χ1v) is 9.51. The van der Waals surface area contributed by atoms with Crippen LogP contribution >= 0.6 is 0 Å². The summed E-state index contributed by atoms with van der Waals surface area (Å²) in [5, 5.41) is 14.3. The lowest BCUT2D eigenvalue weighted by Gasteiger charge is -2.27. The van der Waals surface area contributed by atoms with E-state index < -0.39 is 5.82 Å². The Morgan fingerprint density at radius 1 is 1.37 bits per heavy atom. The van der Waals surface area contributed by atoms with E-state index in [-0.39, 0.29) is 29.4 Å². The molecule has 1 aliphatic heterocycles. The van der Waals surface area contributed by atoms with Gasteiger partial charge in [0.15, 0.2) is 5.65 Å². The molecule has 10 heteroatoms. The number of amides is 1. The molecule has 0 radical (unpaired) electrons. The number of benzene rings is 1. The van der Waals surface area contributed by atoms with E-state index in [4.69, 9.17) is 15.9 Å². The van der Waals surface area contributed by atoms with E-state index in [1.807, 2.05) is 0 Å². The number of rotatable bonds is 5. The maximum absolute atomic E-state index is 13.5. The van der Waals surface area contributed by atoms with Crippen LogP contribution in [0.3, 0.4) is 0 Å². The Kier molecular flexibility index (Phi) is 5.42. The van der Waals surface area contributed by atoms with E-state index in [0.29, 0.717) is 47.6 Å². The lowest BCUT2D eigenvalue weighted by molar-refractivity contribution is 0.0522. The number of nitrogens with two attached hydrogens (primary N) is 1. The Hall–Kier alpha value is -3.37. The monoisotopic (exact) mass is 411 g/mol. The minimum atomic E-state index is -0.409. The molecule has 6 N–H and O–H groups in total. The number of hydrogen-bond acceptors (Lipinski definition) is 7. The summed E-state index contributed by atoms with van der Waals surface area (Å²) in [7, 11) is 1.65. The third kappa shape index (κ3) is 3.87. The summed E-state index contributed by atoms with van der Waals surface area (Å²) in [6.07, 6.45) is 3.61. The molecular weight excluding hydrogens is 389 g/mol. The molecule has 2 atom stereocenters. The highest BCUT2D eigenvalue weighted by atomic mass is 19.1. The zero-order chi connectivity index (χ0) is 21.3. The molecule has 3 aromatic rings. The standard InChI is InChI=1S/C20H22FN7O2/c1-24-15-4-10(21)2-3-13(15)17(23)16-7-26-19-18(28-16)14(6-25-19)20(29)27-12-5-11(22)8-30-9-12/h2-4,6-7,11-12,23-24H,5,8-9,22H2,1H3,(H,25,26)(H,27,29). The minimum absolute atomic E-state index is 0.0629. The zero-order valence-electron chi connectivity index (χ0n) is 16.3. The van der Waals surface area contributed by atoms with Crippen LogP contribution in [0.4, 0.5) is 10.1 Å². The Bertz CT molecular complexity index is 1110. The first-order chi connectivity index (χ1) is 14.5. The van der Waals surface area contributed by atoms with E-state index in [2.05, 4.69) is 25.6 Å². The SMILES string of the molecule is CNc1cc(F)ccc1C(=N)c1cnc2[nH]cc(C(=O)NC3COCC(N)C3)c2n1. The van der Waals surface area contributed by atoms with E-state index in [1.165, 1.54) is 30.6 Å². The van der Waals surface area contributed by atoms with Crippen molar-refractivity contribution in [1.82, 2.24) is 20.3 Å². The molecular formula is C20H22FN7O2. The van der Waals surface area contributed by atoms with Gasteiger partial charge in [0, 0.05) is 30.5 Å². The van der Waals surface area contributed by atoms with E-state index in [9.17, 15) is 9.18 Å². The summed E-state index contributed by atoms with van der Waals surface area (Å²) < 4.78 is 18.9. The number of halogens is 1. The van der Waals surface area contributed by atoms with Crippen LogP contribution in [0.1, 0.15) is 28.0 Å². The van der Waals surface area contributed by atoms with Gasteiger partial charge in [-0.3, -0.25) is 10.2 Å². The van der Waals surface area contributed by atoms with Gasteiger partial charge in [-0.05, 0) is 24.6 Å².